The van der Waals surface area contributed by atoms with Crippen LogP contribution in [0.1, 0.15) is 30.7 Å². The van der Waals surface area contributed by atoms with Gasteiger partial charge in [0.05, 0.1) is 6.54 Å². The largest absolute Gasteiger partial charge is 0.332 e. The van der Waals surface area contributed by atoms with E-state index in [2.05, 4.69) is 0 Å². The van der Waals surface area contributed by atoms with Crippen LogP contribution in [0.5, 0.6) is 0 Å². The number of alkyl halides is 1. The number of nitrogens with zero attached hydrogens (tertiary/aromatic N) is 2. The van der Waals surface area contributed by atoms with E-state index in [-0.39, 0.29) is 30.3 Å². The summed E-state index contributed by atoms with van der Waals surface area (Å²) in [6.07, 6.45) is 0.777. The van der Waals surface area contributed by atoms with E-state index in [9.17, 15) is 9.59 Å². The molecule has 1 aromatic heterocycles. The predicted octanol–water partition coefficient (Wildman–Crippen LogP) is 4.14. The molecular weight excluding hydrogens is 368 g/mol. The quantitative estimate of drug-likeness (QED) is 0.601. The van der Waals surface area contributed by atoms with Gasteiger partial charge in [-0.05, 0) is 30.4 Å². The number of rotatable bonds is 9. The van der Waals surface area contributed by atoms with Crippen LogP contribution in [0.4, 0.5) is 0 Å². The lowest BCUT2D eigenvalue weighted by Crippen LogP contribution is -2.46. The Hall–Kier alpha value is -1.85. The van der Waals surface area contributed by atoms with E-state index >= 15 is 0 Å². The maximum atomic E-state index is 13.0. The molecule has 0 N–H and O–H groups in total. The molecule has 1 unspecified atom stereocenters. The lowest BCUT2D eigenvalue weighted by Gasteiger charge is -2.31. The first-order chi connectivity index (χ1) is 12.5. The molecule has 0 spiro atoms. The molecule has 2 aromatic rings. The van der Waals surface area contributed by atoms with Crippen molar-refractivity contribution >= 4 is 34.8 Å². The van der Waals surface area contributed by atoms with Crippen molar-refractivity contribution in [1.82, 2.24) is 9.80 Å². The molecule has 2 rings (SSSR count). The van der Waals surface area contributed by atoms with Gasteiger partial charge < -0.3 is 9.80 Å². The number of hydrogen-bond acceptors (Lipinski definition) is 3. The van der Waals surface area contributed by atoms with Gasteiger partial charge in [-0.1, -0.05) is 43.3 Å². The maximum absolute atomic E-state index is 13.0. The SMILES string of the molecule is CCC(C)N(CC(=O)N(Cc1ccccc1)Cc1cccs1)C(=O)CCl. The summed E-state index contributed by atoms with van der Waals surface area (Å²) in [5, 5.41) is 2.00. The van der Waals surface area contributed by atoms with Gasteiger partial charge in [-0.2, -0.15) is 0 Å². The summed E-state index contributed by atoms with van der Waals surface area (Å²) in [6.45, 7) is 5.05. The van der Waals surface area contributed by atoms with Gasteiger partial charge >= 0.3 is 0 Å². The Morgan fingerprint density at radius 3 is 2.38 bits per heavy atom. The Morgan fingerprint density at radius 1 is 1.08 bits per heavy atom. The second-order valence-electron chi connectivity index (χ2n) is 6.23. The molecule has 140 valence electrons. The van der Waals surface area contributed by atoms with Crippen LogP contribution in [0, 0.1) is 0 Å². The van der Waals surface area contributed by atoms with Gasteiger partial charge in [0.15, 0.2) is 0 Å². The Morgan fingerprint density at radius 2 is 1.81 bits per heavy atom. The van der Waals surface area contributed by atoms with Crippen molar-refractivity contribution in [1.29, 1.82) is 0 Å². The van der Waals surface area contributed by atoms with Crippen molar-refractivity contribution < 1.29 is 9.59 Å². The third kappa shape index (κ3) is 5.85. The molecule has 6 heteroatoms. The molecule has 0 aliphatic rings. The van der Waals surface area contributed by atoms with E-state index in [1.807, 2.05) is 61.7 Å². The molecule has 1 heterocycles. The van der Waals surface area contributed by atoms with Gasteiger partial charge in [-0.15, -0.1) is 22.9 Å². The average Bonchev–Trinajstić information content (AvgIpc) is 3.18. The van der Waals surface area contributed by atoms with Gasteiger partial charge in [0.2, 0.25) is 11.8 Å². The van der Waals surface area contributed by atoms with Gasteiger partial charge in [0.1, 0.15) is 12.4 Å². The van der Waals surface area contributed by atoms with Crippen LogP contribution in [0.3, 0.4) is 0 Å². The van der Waals surface area contributed by atoms with Crippen molar-refractivity contribution in [3.63, 3.8) is 0 Å². The van der Waals surface area contributed by atoms with Crippen LogP contribution in [0.2, 0.25) is 0 Å². The van der Waals surface area contributed by atoms with Crippen molar-refractivity contribution in [3.05, 3.63) is 58.3 Å². The van der Waals surface area contributed by atoms with Crippen LogP contribution in [0.25, 0.3) is 0 Å². The highest BCUT2D eigenvalue weighted by Gasteiger charge is 2.24. The summed E-state index contributed by atoms with van der Waals surface area (Å²) in [4.78, 5) is 29.7. The lowest BCUT2D eigenvalue weighted by molar-refractivity contribution is -0.141. The number of carbonyl (C=O) groups is 2. The third-order valence-corrected chi connectivity index (χ3v) is 5.45. The second kappa shape index (κ2) is 10.3. The molecule has 1 atom stereocenters. The van der Waals surface area contributed by atoms with Crippen molar-refractivity contribution in [2.75, 3.05) is 12.4 Å². The fourth-order valence-corrected chi connectivity index (χ4v) is 3.53. The zero-order valence-corrected chi connectivity index (χ0v) is 16.8. The molecule has 0 saturated carbocycles. The highest BCUT2D eigenvalue weighted by atomic mass is 35.5. The summed E-state index contributed by atoms with van der Waals surface area (Å²) < 4.78 is 0. The molecular formula is C20H25ClN2O2S. The lowest BCUT2D eigenvalue weighted by atomic mass is 10.2. The zero-order valence-electron chi connectivity index (χ0n) is 15.2. The fourth-order valence-electron chi connectivity index (χ4n) is 2.66. The Balaban J connectivity index is 2.16. The van der Waals surface area contributed by atoms with Crippen molar-refractivity contribution in [3.8, 4) is 0 Å². The van der Waals surface area contributed by atoms with E-state index in [0.717, 1.165) is 16.9 Å². The minimum atomic E-state index is -0.204. The molecule has 0 fully saturated rings. The Labute approximate surface area is 164 Å². The monoisotopic (exact) mass is 392 g/mol. The molecule has 0 radical (unpaired) electrons. The molecule has 2 amide bonds. The highest BCUT2D eigenvalue weighted by molar-refractivity contribution is 7.09. The van der Waals surface area contributed by atoms with Crippen LogP contribution in [-0.2, 0) is 22.7 Å². The van der Waals surface area contributed by atoms with E-state index in [0.29, 0.717) is 13.1 Å². The maximum Gasteiger partial charge on any atom is 0.242 e. The van der Waals surface area contributed by atoms with E-state index < -0.39 is 0 Å². The van der Waals surface area contributed by atoms with Crippen LogP contribution >= 0.6 is 22.9 Å². The molecule has 0 aliphatic carbocycles. The fraction of sp³-hybridized carbons (Fsp3) is 0.400. The number of carbonyl (C=O) groups excluding carboxylic acids is 2. The molecule has 4 nitrogen and oxygen atoms in total. The molecule has 0 aliphatic heterocycles. The van der Waals surface area contributed by atoms with Crippen molar-refractivity contribution in [2.24, 2.45) is 0 Å². The minimum absolute atomic E-state index is 0.0227. The first-order valence-corrected chi connectivity index (χ1v) is 10.2. The minimum Gasteiger partial charge on any atom is -0.332 e. The first-order valence-electron chi connectivity index (χ1n) is 8.74. The standard InChI is InChI=1S/C20H25ClN2O2S/c1-3-16(2)23(19(24)12-21)15-20(25)22(14-18-10-7-11-26-18)13-17-8-5-4-6-9-17/h4-11,16H,3,12-15H2,1-2H3. The molecule has 26 heavy (non-hydrogen) atoms. The predicted molar refractivity (Wildman–Crippen MR) is 107 cm³/mol. The Kier molecular flexibility index (Phi) is 8.13. The molecule has 0 saturated heterocycles. The normalized spacial score (nSPS) is 11.8. The van der Waals surface area contributed by atoms with Gasteiger partial charge in [-0.25, -0.2) is 0 Å². The molecule has 0 bridgehead atoms. The highest BCUT2D eigenvalue weighted by Crippen LogP contribution is 2.16. The van der Waals surface area contributed by atoms with E-state index in [4.69, 9.17) is 11.6 Å². The summed E-state index contributed by atoms with van der Waals surface area (Å²) in [6, 6.07) is 13.9. The summed E-state index contributed by atoms with van der Waals surface area (Å²) in [5.41, 5.74) is 1.07. The summed E-state index contributed by atoms with van der Waals surface area (Å²) >= 11 is 7.37. The number of hydrogen-bond donors (Lipinski definition) is 0. The van der Waals surface area contributed by atoms with Gasteiger partial charge in [0.25, 0.3) is 0 Å². The third-order valence-electron chi connectivity index (χ3n) is 4.36. The topological polar surface area (TPSA) is 40.6 Å². The number of thiophene rings is 1. The summed E-state index contributed by atoms with van der Waals surface area (Å²) in [5.74, 6) is -0.382. The number of amides is 2. The summed E-state index contributed by atoms with van der Waals surface area (Å²) in [7, 11) is 0. The Bertz CT molecular complexity index is 691. The van der Waals surface area contributed by atoms with Crippen LogP contribution < -0.4 is 0 Å². The van der Waals surface area contributed by atoms with E-state index in [1.165, 1.54) is 0 Å². The smallest absolute Gasteiger partial charge is 0.242 e. The number of halogens is 1. The van der Waals surface area contributed by atoms with Gasteiger partial charge in [0, 0.05) is 17.5 Å². The average molecular weight is 393 g/mol. The first kappa shape index (κ1) is 20.5. The second-order valence-corrected chi connectivity index (χ2v) is 7.53. The van der Waals surface area contributed by atoms with E-state index in [1.54, 1.807) is 21.1 Å². The number of benzene rings is 1. The zero-order chi connectivity index (χ0) is 18.9. The van der Waals surface area contributed by atoms with Crippen molar-refractivity contribution in [2.45, 2.75) is 39.4 Å². The van der Waals surface area contributed by atoms with Crippen LogP contribution in [-0.4, -0.2) is 40.1 Å². The van der Waals surface area contributed by atoms with Gasteiger partial charge in [-0.3, -0.25) is 9.59 Å². The molecule has 1 aromatic carbocycles. The van der Waals surface area contributed by atoms with Crippen LogP contribution in [0.15, 0.2) is 47.8 Å².